The van der Waals surface area contributed by atoms with Gasteiger partial charge in [0.05, 0.1) is 5.69 Å². The molecule has 0 N–H and O–H groups in total. The molecule has 2 nitrogen and oxygen atoms in total. The zero-order chi connectivity index (χ0) is 11.1. The molecule has 1 aliphatic heterocycles. The molecular weight excluding hydrogens is 196 g/mol. The molecule has 1 aromatic heterocycles. The van der Waals surface area contributed by atoms with Gasteiger partial charge in [-0.05, 0) is 38.3 Å². The highest BCUT2D eigenvalue weighted by atomic mass is 15.3. The van der Waals surface area contributed by atoms with Crippen LogP contribution in [0.15, 0.2) is 24.3 Å². The minimum absolute atomic E-state index is 1.09. The fraction of sp³-hybridized carbons (Fsp3) is 0.357. The first-order valence-corrected chi connectivity index (χ1v) is 5.89. The molecule has 1 aliphatic rings. The third kappa shape index (κ3) is 1.37. The van der Waals surface area contributed by atoms with E-state index >= 15 is 0 Å². The Morgan fingerprint density at radius 1 is 1.25 bits per heavy atom. The summed E-state index contributed by atoms with van der Waals surface area (Å²) in [6, 6.07) is 8.60. The summed E-state index contributed by atoms with van der Waals surface area (Å²) in [5, 5.41) is 4.72. The number of benzene rings is 1. The summed E-state index contributed by atoms with van der Waals surface area (Å²) >= 11 is 0. The van der Waals surface area contributed by atoms with Crippen molar-refractivity contribution in [3.63, 3.8) is 0 Å². The summed E-state index contributed by atoms with van der Waals surface area (Å²) < 4.78 is 2.17. The zero-order valence-corrected chi connectivity index (χ0v) is 9.83. The molecule has 0 spiro atoms. The molecule has 0 atom stereocenters. The van der Waals surface area contributed by atoms with Crippen LogP contribution >= 0.6 is 0 Å². The van der Waals surface area contributed by atoms with Crippen molar-refractivity contribution in [3.8, 4) is 11.3 Å². The van der Waals surface area contributed by atoms with Crippen LogP contribution in [-0.4, -0.2) is 9.78 Å². The summed E-state index contributed by atoms with van der Waals surface area (Å²) in [5.41, 5.74) is 6.50. The number of rotatable bonds is 1. The SMILES string of the molecule is Cc1cccc(-c2nn3c(c2C)CCC3)c1. The van der Waals surface area contributed by atoms with Gasteiger partial charge in [-0.2, -0.15) is 5.10 Å². The highest BCUT2D eigenvalue weighted by molar-refractivity contribution is 5.64. The van der Waals surface area contributed by atoms with Crippen molar-refractivity contribution >= 4 is 0 Å². The lowest BCUT2D eigenvalue weighted by Gasteiger charge is -2.01. The van der Waals surface area contributed by atoms with E-state index in [1.54, 1.807) is 0 Å². The van der Waals surface area contributed by atoms with Gasteiger partial charge in [0.2, 0.25) is 0 Å². The van der Waals surface area contributed by atoms with Crippen molar-refractivity contribution in [2.45, 2.75) is 33.2 Å². The predicted molar refractivity (Wildman–Crippen MR) is 65.5 cm³/mol. The van der Waals surface area contributed by atoms with Gasteiger partial charge in [-0.25, -0.2) is 0 Å². The standard InChI is InChI=1S/C14H16N2/c1-10-5-3-6-12(9-10)14-11(2)13-7-4-8-16(13)15-14/h3,5-6,9H,4,7-8H2,1-2H3. The van der Waals surface area contributed by atoms with Crippen LogP contribution in [-0.2, 0) is 13.0 Å². The average Bonchev–Trinajstić information content (AvgIpc) is 2.82. The third-order valence-electron chi connectivity index (χ3n) is 3.40. The molecule has 0 radical (unpaired) electrons. The Balaban J connectivity index is 2.14. The van der Waals surface area contributed by atoms with E-state index in [0.717, 1.165) is 6.54 Å². The lowest BCUT2D eigenvalue weighted by molar-refractivity contribution is 0.659. The Labute approximate surface area is 95.9 Å². The number of hydrogen-bond donors (Lipinski definition) is 0. The molecule has 0 saturated heterocycles. The summed E-state index contributed by atoms with van der Waals surface area (Å²) in [7, 11) is 0. The fourth-order valence-electron chi connectivity index (χ4n) is 2.55. The zero-order valence-electron chi connectivity index (χ0n) is 9.83. The van der Waals surface area contributed by atoms with Crippen LogP contribution in [0.1, 0.15) is 23.2 Å². The number of aromatic nitrogens is 2. The number of fused-ring (bicyclic) bond motifs is 1. The summed E-state index contributed by atoms with van der Waals surface area (Å²) in [4.78, 5) is 0. The van der Waals surface area contributed by atoms with Crippen molar-refractivity contribution in [1.82, 2.24) is 9.78 Å². The number of aryl methyl sites for hydroxylation is 2. The van der Waals surface area contributed by atoms with Crippen LogP contribution in [0.2, 0.25) is 0 Å². The Bertz CT molecular complexity index is 538. The van der Waals surface area contributed by atoms with Gasteiger partial charge in [0.1, 0.15) is 0 Å². The molecule has 2 aromatic rings. The molecule has 0 aliphatic carbocycles. The molecule has 1 aromatic carbocycles. The lowest BCUT2D eigenvalue weighted by atomic mass is 10.0. The minimum Gasteiger partial charge on any atom is -0.269 e. The highest BCUT2D eigenvalue weighted by Crippen LogP contribution is 2.28. The van der Waals surface area contributed by atoms with Gasteiger partial charge in [0.25, 0.3) is 0 Å². The molecule has 2 heteroatoms. The largest absolute Gasteiger partial charge is 0.269 e. The van der Waals surface area contributed by atoms with Crippen molar-refractivity contribution in [2.75, 3.05) is 0 Å². The molecule has 0 bridgehead atoms. The maximum Gasteiger partial charge on any atom is 0.0955 e. The van der Waals surface area contributed by atoms with Gasteiger partial charge in [-0.1, -0.05) is 23.8 Å². The quantitative estimate of drug-likeness (QED) is 0.710. The summed E-state index contributed by atoms with van der Waals surface area (Å²) in [6.45, 7) is 5.41. The maximum absolute atomic E-state index is 4.72. The van der Waals surface area contributed by atoms with E-state index in [2.05, 4.69) is 42.8 Å². The van der Waals surface area contributed by atoms with Crippen molar-refractivity contribution in [2.24, 2.45) is 0 Å². The second kappa shape index (κ2) is 3.48. The van der Waals surface area contributed by atoms with Gasteiger partial charge in [0.15, 0.2) is 0 Å². The van der Waals surface area contributed by atoms with Crippen molar-refractivity contribution < 1.29 is 0 Å². The molecule has 0 fully saturated rings. The molecule has 0 unspecified atom stereocenters. The highest BCUT2D eigenvalue weighted by Gasteiger charge is 2.19. The summed E-state index contributed by atoms with van der Waals surface area (Å²) in [5.74, 6) is 0. The van der Waals surface area contributed by atoms with Crippen LogP contribution in [0, 0.1) is 13.8 Å². The minimum atomic E-state index is 1.09. The Morgan fingerprint density at radius 3 is 2.88 bits per heavy atom. The maximum atomic E-state index is 4.72. The van der Waals surface area contributed by atoms with E-state index < -0.39 is 0 Å². The molecule has 16 heavy (non-hydrogen) atoms. The van der Waals surface area contributed by atoms with Gasteiger partial charge < -0.3 is 0 Å². The van der Waals surface area contributed by atoms with Crippen molar-refractivity contribution in [3.05, 3.63) is 41.1 Å². The topological polar surface area (TPSA) is 17.8 Å². The van der Waals surface area contributed by atoms with Crippen LogP contribution in [0.5, 0.6) is 0 Å². The first kappa shape index (κ1) is 9.64. The Morgan fingerprint density at radius 2 is 2.12 bits per heavy atom. The van der Waals surface area contributed by atoms with E-state index in [1.807, 2.05) is 0 Å². The predicted octanol–water partition coefficient (Wildman–Crippen LogP) is 3.11. The van der Waals surface area contributed by atoms with Gasteiger partial charge in [0, 0.05) is 17.8 Å². The summed E-state index contributed by atoms with van der Waals surface area (Å²) in [6.07, 6.45) is 2.43. The monoisotopic (exact) mass is 212 g/mol. The molecule has 82 valence electrons. The molecule has 3 rings (SSSR count). The van der Waals surface area contributed by atoms with Crippen LogP contribution in [0.3, 0.4) is 0 Å². The van der Waals surface area contributed by atoms with Crippen LogP contribution < -0.4 is 0 Å². The van der Waals surface area contributed by atoms with Gasteiger partial charge in [-0.15, -0.1) is 0 Å². The van der Waals surface area contributed by atoms with E-state index in [-0.39, 0.29) is 0 Å². The normalized spacial score (nSPS) is 14.1. The molecular formula is C14H16N2. The smallest absolute Gasteiger partial charge is 0.0955 e. The van der Waals surface area contributed by atoms with Gasteiger partial charge >= 0.3 is 0 Å². The van der Waals surface area contributed by atoms with Gasteiger partial charge in [-0.3, -0.25) is 4.68 Å². The lowest BCUT2D eigenvalue weighted by Crippen LogP contribution is -1.94. The number of hydrogen-bond acceptors (Lipinski definition) is 1. The molecule has 0 saturated carbocycles. The van der Waals surface area contributed by atoms with E-state index in [9.17, 15) is 0 Å². The molecule has 2 heterocycles. The van der Waals surface area contributed by atoms with E-state index in [0.29, 0.717) is 0 Å². The first-order chi connectivity index (χ1) is 7.75. The fourth-order valence-corrected chi connectivity index (χ4v) is 2.55. The Hall–Kier alpha value is -1.57. The molecule has 0 amide bonds. The van der Waals surface area contributed by atoms with E-state index in [1.165, 1.54) is 40.9 Å². The average molecular weight is 212 g/mol. The first-order valence-electron chi connectivity index (χ1n) is 5.89. The third-order valence-corrected chi connectivity index (χ3v) is 3.40. The second-order valence-corrected chi connectivity index (χ2v) is 4.62. The van der Waals surface area contributed by atoms with E-state index in [4.69, 9.17) is 5.10 Å². The second-order valence-electron chi connectivity index (χ2n) is 4.62. The Kier molecular flexibility index (Phi) is 2.10. The van der Waals surface area contributed by atoms with Crippen molar-refractivity contribution in [1.29, 1.82) is 0 Å². The van der Waals surface area contributed by atoms with Crippen LogP contribution in [0.4, 0.5) is 0 Å². The van der Waals surface area contributed by atoms with Crippen LogP contribution in [0.25, 0.3) is 11.3 Å². The number of nitrogens with zero attached hydrogens (tertiary/aromatic N) is 2.